The van der Waals surface area contributed by atoms with Crippen LogP contribution in [0.25, 0.3) is 0 Å². The monoisotopic (exact) mass is 209 g/mol. The maximum absolute atomic E-state index is 10.7. The molecule has 0 bridgehead atoms. The number of amides is 2. The van der Waals surface area contributed by atoms with Crippen LogP contribution in [0.1, 0.15) is 0 Å². The Morgan fingerprint density at radius 1 is 1.07 bits per heavy atom. The number of aliphatic carboxylic acids is 1. The third kappa shape index (κ3) is 8.40. The third-order valence-corrected chi connectivity index (χ3v) is 1.07. The number of halogens is 1. The topological polar surface area (TPSA) is 122 Å². The zero-order valence-electron chi connectivity index (χ0n) is 7.28. The molecule has 0 aromatic rings. The number of hydrogen-bond acceptors (Lipinski definition) is 4. The highest BCUT2D eigenvalue weighted by molar-refractivity contribution is 5.87. The van der Waals surface area contributed by atoms with Gasteiger partial charge < -0.3 is 21.5 Å². The van der Waals surface area contributed by atoms with Gasteiger partial charge in [0, 0.05) is 0 Å². The van der Waals surface area contributed by atoms with Gasteiger partial charge in [-0.05, 0) is 0 Å². The Morgan fingerprint density at radius 2 is 1.57 bits per heavy atom. The van der Waals surface area contributed by atoms with Crippen LogP contribution in [0.15, 0.2) is 0 Å². The van der Waals surface area contributed by atoms with Crippen LogP contribution in [0.3, 0.4) is 0 Å². The summed E-state index contributed by atoms with van der Waals surface area (Å²) in [5.41, 5.74) is 4.94. The molecule has 0 atom stereocenters. The molecule has 82 valence electrons. The zero-order valence-corrected chi connectivity index (χ0v) is 7.28. The van der Waals surface area contributed by atoms with Crippen molar-refractivity contribution in [2.45, 2.75) is 0 Å². The zero-order chi connectivity index (χ0) is 10.3. The smallest absolute Gasteiger partial charge is 0.322 e. The van der Waals surface area contributed by atoms with E-state index in [-0.39, 0.29) is 17.8 Å². The Labute approximate surface area is 79.0 Å². The first-order valence-corrected chi connectivity index (χ1v) is 3.51. The molecule has 0 heterocycles. The van der Waals surface area contributed by atoms with Crippen molar-refractivity contribution in [2.24, 2.45) is 5.73 Å². The Balaban J connectivity index is 0. The van der Waals surface area contributed by atoms with Gasteiger partial charge in [0.05, 0.1) is 13.1 Å². The highest BCUT2D eigenvalue weighted by Gasteiger charge is 2.04. The van der Waals surface area contributed by atoms with Crippen LogP contribution in [0.5, 0.6) is 0 Å². The molecule has 0 aromatic carbocycles. The summed E-state index contributed by atoms with van der Waals surface area (Å²) >= 11 is 0. The SMILES string of the molecule is F.NCC(=O)NCC(=O)NCC(=O)O. The van der Waals surface area contributed by atoms with Crippen LogP contribution in [0, 0.1) is 0 Å². The first-order chi connectivity index (χ1) is 6.06. The molecular weight excluding hydrogens is 197 g/mol. The maximum atomic E-state index is 10.7. The third-order valence-electron chi connectivity index (χ3n) is 1.07. The predicted molar refractivity (Wildman–Crippen MR) is 45.2 cm³/mol. The molecule has 2 amide bonds. The van der Waals surface area contributed by atoms with E-state index in [4.69, 9.17) is 10.8 Å². The van der Waals surface area contributed by atoms with Gasteiger partial charge in [0.1, 0.15) is 6.54 Å². The Morgan fingerprint density at radius 3 is 2.00 bits per heavy atom. The van der Waals surface area contributed by atoms with Crippen LogP contribution >= 0.6 is 0 Å². The minimum Gasteiger partial charge on any atom is -0.480 e. The second-order valence-electron chi connectivity index (χ2n) is 2.15. The number of carboxylic acids is 1. The number of hydrogen-bond donors (Lipinski definition) is 4. The summed E-state index contributed by atoms with van der Waals surface area (Å²) in [4.78, 5) is 31.2. The van der Waals surface area contributed by atoms with E-state index >= 15 is 0 Å². The molecule has 0 rings (SSSR count). The van der Waals surface area contributed by atoms with Crippen molar-refractivity contribution in [3.63, 3.8) is 0 Å². The molecule has 0 radical (unpaired) electrons. The largest absolute Gasteiger partial charge is 0.480 e. The molecule has 0 unspecified atom stereocenters. The Bertz CT molecular complexity index is 221. The highest BCUT2D eigenvalue weighted by Crippen LogP contribution is 1.66. The van der Waals surface area contributed by atoms with E-state index in [1.165, 1.54) is 0 Å². The van der Waals surface area contributed by atoms with Crippen molar-refractivity contribution < 1.29 is 24.2 Å². The summed E-state index contributed by atoms with van der Waals surface area (Å²) in [7, 11) is 0. The number of carboxylic acid groups (broad SMARTS) is 1. The van der Waals surface area contributed by atoms with Crippen molar-refractivity contribution in [1.29, 1.82) is 0 Å². The van der Waals surface area contributed by atoms with Crippen molar-refractivity contribution in [2.75, 3.05) is 19.6 Å². The number of nitrogens with one attached hydrogen (secondary N) is 2. The van der Waals surface area contributed by atoms with Crippen molar-refractivity contribution in [3.05, 3.63) is 0 Å². The van der Waals surface area contributed by atoms with E-state index in [0.717, 1.165) is 0 Å². The standard InChI is InChI=1S/C6H11N3O4.FH/c7-1-4(10)8-2-5(11)9-3-6(12)13;/h1-3,7H2,(H,8,10)(H,9,11)(H,12,13);1H. The van der Waals surface area contributed by atoms with Gasteiger partial charge in [-0.25, -0.2) is 0 Å². The molecule has 14 heavy (non-hydrogen) atoms. The molecule has 0 aliphatic rings. The molecule has 8 heteroatoms. The van der Waals surface area contributed by atoms with Crippen molar-refractivity contribution >= 4 is 17.8 Å². The quantitative estimate of drug-likeness (QED) is 0.396. The molecule has 0 aliphatic heterocycles. The lowest BCUT2D eigenvalue weighted by atomic mass is 10.5. The molecule has 0 fully saturated rings. The fraction of sp³-hybridized carbons (Fsp3) is 0.500. The van der Waals surface area contributed by atoms with Gasteiger partial charge in [-0.15, -0.1) is 0 Å². The molecular formula is C6H12FN3O4. The molecule has 0 spiro atoms. The maximum Gasteiger partial charge on any atom is 0.322 e. The molecule has 0 saturated heterocycles. The minimum atomic E-state index is -1.14. The summed E-state index contributed by atoms with van der Waals surface area (Å²) in [6.45, 7) is -0.924. The van der Waals surface area contributed by atoms with E-state index in [0.29, 0.717) is 0 Å². The summed E-state index contributed by atoms with van der Waals surface area (Å²) in [6, 6.07) is 0. The van der Waals surface area contributed by atoms with Crippen LogP contribution < -0.4 is 16.4 Å². The number of carbonyl (C=O) groups is 3. The van der Waals surface area contributed by atoms with Gasteiger partial charge in [-0.3, -0.25) is 19.1 Å². The lowest BCUT2D eigenvalue weighted by Gasteiger charge is -2.03. The second kappa shape index (κ2) is 7.92. The molecule has 5 N–H and O–H groups in total. The second-order valence-corrected chi connectivity index (χ2v) is 2.15. The fourth-order valence-corrected chi connectivity index (χ4v) is 0.488. The van der Waals surface area contributed by atoms with E-state index in [1.807, 2.05) is 0 Å². The minimum absolute atomic E-state index is 0. The first kappa shape index (κ1) is 14.8. The van der Waals surface area contributed by atoms with Crippen LogP contribution in [0.2, 0.25) is 0 Å². The van der Waals surface area contributed by atoms with Gasteiger partial charge in [0.2, 0.25) is 11.8 Å². The summed E-state index contributed by atoms with van der Waals surface area (Å²) < 4.78 is 0. The fourth-order valence-electron chi connectivity index (χ4n) is 0.488. The number of carbonyl (C=O) groups excluding carboxylic acids is 2. The van der Waals surface area contributed by atoms with Gasteiger partial charge >= 0.3 is 5.97 Å². The van der Waals surface area contributed by atoms with E-state index in [1.54, 1.807) is 0 Å². The number of rotatable bonds is 5. The molecule has 0 aliphatic carbocycles. The van der Waals surface area contributed by atoms with Crippen LogP contribution in [-0.4, -0.2) is 42.5 Å². The molecule has 0 saturated carbocycles. The van der Waals surface area contributed by atoms with Gasteiger partial charge in [-0.1, -0.05) is 0 Å². The average Bonchev–Trinajstić information content (AvgIpc) is 2.10. The van der Waals surface area contributed by atoms with Crippen LogP contribution in [0.4, 0.5) is 4.70 Å². The van der Waals surface area contributed by atoms with Crippen molar-refractivity contribution in [3.8, 4) is 0 Å². The Hall–Kier alpha value is -1.70. The lowest BCUT2D eigenvalue weighted by Crippen LogP contribution is -2.40. The predicted octanol–water partition coefficient (Wildman–Crippen LogP) is -2.59. The first-order valence-electron chi connectivity index (χ1n) is 3.51. The van der Waals surface area contributed by atoms with Gasteiger partial charge in [0.25, 0.3) is 0 Å². The van der Waals surface area contributed by atoms with Crippen LogP contribution in [-0.2, 0) is 14.4 Å². The van der Waals surface area contributed by atoms with Gasteiger partial charge in [0.15, 0.2) is 0 Å². The normalized spacial score (nSPS) is 8.36. The van der Waals surface area contributed by atoms with Gasteiger partial charge in [-0.2, -0.15) is 0 Å². The Kier molecular flexibility index (Phi) is 8.38. The summed E-state index contributed by atoms with van der Waals surface area (Å²) in [5.74, 6) is -2.17. The molecule has 0 aromatic heterocycles. The van der Waals surface area contributed by atoms with E-state index in [9.17, 15) is 14.4 Å². The summed E-state index contributed by atoms with van der Waals surface area (Å²) in [5, 5.41) is 12.4. The van der Waals surface area contributed by atoms with E-state index < -0.39 is 24.3 Å². The lowest BCUT2D eigenvalue weighted by molar-refractivity contribution is -0.137. The molecule has 7 nitrogen and oxygen atoms in total. The summed E-state index contributed by atoms with van der Waals surface area (Å²) in [6.07, 6.45) is 0. The number of nitrogens with two attached hydrogens (primary N) is 1. The van der Waals surface area contributed by atoms with E-state index in [2.05, 4.69) is 10.6 Å². The average molecular weight is 209 g/mol. The van der Waals surface area contributed by atoms with Crippen molar-refractivity contribution in [1.82, 2.24) is 10.6 Å². The highest BCUT2D eigenvalue weighted by atomic mass is 19.0.